The number of carbonyl (C=O) groups is 3. The molecule has 0 bridgehead atoms. The zero-order chi connectivity index (χ0) is 25.8. The van der Waals surface area contributed by atoms with Gasteiger partial charge in [0, 0.05) is 23.2 Å². The Labute approximate surface area is 199 Å². The summed E-state index contributed by atoms with van der Waals surface area (Å²) in [5.41, 5.74) is -0.992. The van der Waals surface area contributed by atoms with Gasteiger partial charge in [0.25, 0.3) is 11.8 Å². The first-order chi connectivity index (χ1) is 16.3. The molecule has 0 saturated heterocycles. The van der Waals surface area contributed by atoms with E-state index in [9.17, 15) is 36.0 Å². The monoisotopic (exact) mass is 512 g/mol. The molecule has 0 heterocycles. The smallest absolute Gasteiger partial charge is 0.350 e. The second-order valence-corrected chi connectivity index (χ2v) is 9.58. The molecule has 2 atom stereocenters. The number of amides is 3. The van der Waals surface area contributed by atoms with Crippen molar-refractivity contribution in [1.29, 1.82) is 0 Å². The quantitative estimate of drug-likeness (QED) is 0.444. The van der Waals surface area contributed by atoms with Gasteiger partial charge < -0.3 is 16.0 Å². The highest BCUT2D eigenvalue weighted by Gasteiger charge is 2.32. The van der Waals surface area contributed by atoms with Crippen molar-refractivity contribution in [1.82, 2.24) is 16.0 Å². The number of nitrogens with one attached hydrogen (secondary N) is 3. The maximum Gasteiger partial charge on any atom is 0.416 e. The molecule has 0 spiro atoms. The van der Waals surface area contributed by atoms with E-state index in [-0.39, 0.29) is 16.0 Å². The molecular weight excluding hydrogens is 489 g/mol. The summed E-state index contributed by atoms with van der Waals surface area (Å²) >= 11 is 0. The summed E-state index contributed by atoms with van der Waals surface area (Å²) < 4.78 is 61.1. The highest BCUT2D eigenvalue weighted by atomic mass is 32.2. The summed E-state index contributed by atoms with van der Waals surface area (Å²) in [6, 6.07) is 8.10. The van der Waals surface area contributed by atoms with E-state index in [1.807, 2.05) is 0 Å². The summed E-state index contributed by atoms with van der Waals surface area (Å²) in [5.74, 6) is -1.85. The third-order valence-electron chi connectivity index (χ3n) is 5.49. The van der Waals surface area contributed by atoms with Gasteiger partial charge in [0.15, 0.2) is 0 Å². The maximum absolute atomic E-state index is 12.8. The molecule has 2 aromatic rings. The second kappa shape index (κ2) is 10.4. The van der Waals surface area contributed by atoms with Crippen LogP contribution in [0.2, 0.25) is 0 Å². The Balaban J connectivity index is 1.53. The largest absolute Gasteiger partial charge is 0.416 e. The molecule has 1 aliphatic carbocycles. The zero-order valence-corrected chi connectivity index (χ0v) is 19.1. The highest BCUT2D eigenvalue weighted by Crippen LogP contribution is 2.29. The number of halogens is 3. The number of carbonyl (C=O) groups excluding carboxylic acids is 3. The molecule has 2 aromatic carbocycles. The van der Waals surface area contributed by atoms with E-state index >= 15 is 0 Å². The Kier molecular flexibility index (Phi) is 7.80. The number of sulfonamides is 1. The molecule has 0 aromatic heterocycles. The van der Waals surface area contributed by atoms with Gasteiger partial charge in [-0.2, -0.15) is 13.2 Å². The van der Waals surface area contributed by atoms with Crippen molar-refractivity contribution in [3.8, 4) is 0 Å². The van der Waals surface area contributed by atoms with Crippen molar-refractivity contribution in [2.75, 3.05) is 6.54 Å². The van der Waals surface area contributed by atoms with Gasteiger partial charge >= 0.3 is 6.18 Å². The Morgan fingerprint density at radius 3 is 2.14 bits per heavy atom. The molecule has 1 aliphatic rings. The Morgan fingerprint density at radius 1 is 0.914 bits per heavy atom. The predicted molar refractivity (Wildman–Crippen MR) is 119 cm³/mol. The number of rotatable bonds is 7. The van der Waals surface area contributed by atoms with Crippen LogP contribution in [0.4, 0.5) is 13.2 Å². The lowest BCUT2D eigenvalue weighted by Crippen LogP contribution is -2.50. The van der Waals surface area contributed by atoms with Crippen molar-refractivity contribution >= 4 is 27.7 Å². The van der Waals surface area contributed by atoms with E-state index in [1.54, 1.807) is 0 Å². The van der Waals surface area contributed by atoms with Crippen molar-refractivity contribution in [3.05, 3.63) is 65.2 Å². The maximum atomic E-state index is 12.8. The van der Waals surface area contributed by atoms with Crippen LogP contribution in [0.3, 0.4) is 0 Å². The van der Waals surface area contributed by atoms with Gasteiger partial charge in [-0.05, 0) is 61.7 Å². The predicted octanol–water partition coefficient (Wildman–Crippen LogP) is 1.55. The van der Waals surface area contributed by atoms with Crippen LogP contribution < -0.4 is 21.1 Å². The number of hydrogen-bond acceptors (Lipinski definition) is 5. The van der Waals surface area contributed by atoms with Crippen molar-refractivity contribution in [3.63, 3.8) is 0 Å². The third-order valence-corrected chi connectivity index (χ3v) is 6.41. The lowest BCUT2D eigenvalue weighted by Gasteiger charge is -2.22. The second-order valence-electron chi connectivity index (χ2n) is 8.02. The molecule has 188 valence electrons. The minimum Gasteiger partial charge on any atom is -0.350 e. The summed E-state index contributed by atoms with van der Waals surface area (Å²) in [5, 5.41) is 12.8. The fourth-order valence-electron chi connectivity index (χ4n) is 3.71. The van der Waals surface area contributed by atoms with E-state index in [0.717, 1.165) is 18.6 Å². The summed E-state index contributed by atoms with van der Waals surface area (Å²) in [6.45, 7) is -0.457. The number of alkyl halides is 3. The van der Waals surface area contributed by atoms with Gasteiger partial charge in [-0.15, -0.1) is 0 Å². The van der Waals surface area contributed by atoms with Crippen molar-refractivity contribution in [2.24, 2.45) is 5.14 Å². The lowest BCUT2D eigenvalue weighted by atomic mass is 10.1. The fraction of sp³-hybridized carbons (Fsp3) is 0.318. The van der Waals surface area contributed by atoms with Crippen molar-refractivity contribution < 1.29 is 36.0 Å². The molecular formula is C22H23F3N4O5S. The molecule has 35 heavy (non-hydrogen) atoms. The molecule has 1 fully saturated rings. The molecule has 13 heteroatoms. The first-order valence-electron chi connectivity index (χ1n) is 10.5. The fourth-order valence-corrected chi connectivity index (χ4v) is 4.23. The number of primary sulfonamides is 1. The molecule has 0 radical (unpaired) electrons. The third kappa shape index (κ3) is 7.02. The van der Waals surface area contributed by atoms with Crippen LogP contribution in [0.15, 0.2) is 53.4 Å². The molecule has 2 unspecified atom stereocenters. The number of nitrogens with two attached hydrogens (primary N) is 1. The first kappa shape index (κ1) is 26.2. The van der Waals surface area contributed by atoms with Crippen LogP contribution in [-0.4, -0.2) is 44.8 Å². The van der Waals surface area contributed by atoms with Crippen LogP contribution in [0.25, 0.3) is 0 Å². The average molecular weight is 513 g/mol. The normalized spacial score (nSPS) is 18.1. The standard InChI is InChI=1S/C22H23F3N4O5S/c23-22(24,25)15-4-1-3-14(11-15)20(31)27-12-19(30)28-17-5-2-6-18(17)29-21(32)13-7-9-16(10-8-13)35(26,33)34/h1,3-4,7-11,17-18H,2,5-6,12H2,(H,27,31)(H,28,30)(H,29,32)(H2,26,33,34). The minimum absolute atomic E-state index is 0.132. The molecule has 1 saturated carbocycles. The van der Waals surface area contributed by atoms with Gasteiger partial charge in [0.1, 0.15) is 0 Å². The molecule has 5 N–H and O–H groups in total. The molecule has 3 rings (SSSR count). The van der Waals surface area contributed by atoms with Gasteiger partial charge in [-0.25, -0.2) is 13.6 Å². The number of hydrogen-bond donors (Lipinski definition) is 4. The van der Waals surface area contributed by atoms with E-state index in [0.29, 0.717) is 18.9 Å². The SMILES string of the molecule is NS(=O)(=O)c1ccc(C(=O)NC2CCCC2NC(=O)CNC(=O)c2cccc(C(F)(F)F)c2)cc1. The van der Waals surface area contributed by atoms with Gasteiger partial charge in [0.2, 0.25) is 15.9 Å². The van der Waals surface area contributed by atoms with E-state index in [1.165, 1.54) is 30.3 Å². The summed E-state index contributed by atoms with van der Waals surface area (Å²) in [6.07, 6.45) is -2.72. The minimum atomic E-state index is -4.60. The van der Waals surface area contributed by atoms with Crippen LogP contribution in [0.5, 0.6) is 0 Å². The molecule has 3 amide bonds. The van der Waals surface area contributed by atoms with Gasteiger partial charge in [0.05, 0.1) is 17.0 Å². The van der Waals surface area contributed by atoms with E-state index in [4.69, 9.17) is 5.14 Å². The molecule has 0 aliphatic heterocycles. The number of benzene rings is 2. The topological polar surface area (TPSA) is 147 Å². The summed E-state index contributed by atoms with van der Waals surface area (Å²) in [7, 11) is -3.89. The lowest BCUT2D eigenvalue weighted by molar-refractivity contribution is -0.137. The summed E-state index contributed by atoms with van der Waals surface area (Å²) in [4.78, 5) is 36.9. The zero-order valence-electron chi connectivity index (χ0n) is 18.3. The van der Waals surface area contributed by atoms with Crippen LogP contribution in [0.1, 0.15) is 45.5 Å². The van der Waals surface area contributed by atoms with Crippen molar-refractivity contribution in [2.45, 2.75) is 42.4 Å². The van der Waals surface area contributed by atoms with Gasteiger partial charge in [-0.1, -0.05) is 6.07 Å². The Hall–Kier alpha value is -3.45. The first-order valence-corrected chi connectivity index (χ1v) is 12.1. The van der Waals surface area contributed by atoms with E-state index < -0.39 is 58.1 Å². The van der Waals surface area contributed by atoms with Crippen LogP contribution in [0, 0.1) is 0 Å². The van der Waals surface area contributed by atoms with Crippen LogP contribution in [-0.2, 0) is 21.0 Å². The molecule has 9 nitrogen and oxygen atoms in total. The van der Waals surface area contributed by atoms with E-state index in [2.05, 4.69) is 16.0 Å². The highest BCUT2D eigenvalue weighted by molar-refractivity contribution is 7.89. The van der Waals surface area contributed by atoms with Crippen LogP contribution >= 0.6 is 0 Å². The average Bonchev–Trinajstić information content (AvgIpc) is 3.22. The Bertz CT molecular complexity index is 1220. The Morgan fingerprint density at radius 2 is 1.54 bits per heavy atom. The van der Waals surface area contributed by atoms with Gasteiger partial charge in [-0.3, -0.25) is 14.4 Å².